The van der Waals surface area contributed by atoms with Crippen molar-refractivity contribution in [2.24, 2.45) is 0 Å². The number of para-hydroxylation sites is 2. The van der Waals surface area contributed by atoms with E-state index in [4.69, 9.17) is 0 Å². The highest BCUT2D eigenvalue weighted by Gasteiger charge is 2.25. The maximum Gasteiger partial charge on any atom is 0.0596 e. The van der Waals surface area contributed by atoms with E-state index in [0.29, 0.717) is 0 Å². The van der Waals surface area contributed by atoms with E-state index in [-0.39, 0.29) is 0 Å². The van der Waals surface area contributed by atoms with E-state index in [2.05, 4.69) is 72.8 Å². The number of nitrogens with zero attached hydrogens (tertiary/aromatic N) is 1. The molecule has 2 aromatic rings. The van der Waals surface area contributed by atoms with Gasteiger partial charge in [-0.1, -0.05) is 36.4 Å². The Morgan fingerprint density at radius 3 is 2.45 bits per heavy atom. The quantitative estimate of drug-likeness (QED) is 0.870. The maximum absolute atomic E-state index is 3.59. The van der Waals surface area contributed by atoms with Crippen LogP contribution in [0.1, 0.15) is 29.9 Å². The third kappa shape index (κ3) is 2.79. The summed E-state index contributed by atoms with van der Waals surface area (Å²) in [5.74, 6) is 0.803. The molecule has 0 saturated heterocycles. The lowest BCUT2D eigenvalue weighted by Crippen LogP contribution is -2.12. The van der Waals surface area contributed by atoms with E-state index in [1.54, 1.807) is 0 Å². The number of nitrogens with one attached hydrogen (secondary N) is 1. The molecule has 2 nitrogen and oxygen atoms in total. The molecule has 0 aromatic heterocycles. The summed E-state index contributed by atoms with van der Waals surface area (Å²) < 4.78 is 0. The largest absolute Gasteiger partial charge is 0.379 e. The standard InChI is InChI=1S/C18H22N2/c1-20(2)18-10-6-5-9-17(18)19-13-15-7-3-4-8-16(15)14-11-12-14/h3-10,14,19H,11-13H2,1-2H3. The van der Waals surface area contributed by atoms with Crippen LogP contribution in [0.3, 0.4) is 0 Å². The van der Waals surface area contributed by atoms with Crippen LogP contribution in [0.5, 0.6) is 0 Å². The highest BCUT2D eigenvalue weighted by Crippen LogP contribution is 2.41. The Kier molecular flexibility index (Phi) is 3.64. The van der Waals surface area contributed by atoms with Crippen molar-refractivity contribution in [3.05, 3.63) is 59.7 Å². The van der Waals surface area contributed by atoms with E-state index in [1.807, 2.05) is 0 Å². The molecule has 1 fully saturated rings. The van der Waals surface area contributed by atoms with Gasteiger partial charge >= 0.3 is 0 Å². The lowest BCUT2D eigenvalue weighted by Gasteiger charge is -2.19. The molecule has 0 amide bonds. The first-order valence-electron chi connectivity index (χ1n) is 7.34. The fourth-order valence-corrected chi connectivity index (χ4v) is 2.69. The van der Waals surface area contributed by atoms with Gasteiger partial charge in [0.05, 0.1) is 11.4 Å². The van der Waals surface area contributed by atoms with Crippen LogP contribution in [0, 0.1) is 0 Å². The average Bonchev–Trinajstić information content (AvgIpc) is 3.30. The number of rotatable bonds is 5. The molecule has 3 rings (SSSR count). The Bertz CT molecular complexity index is 540. The normalized spacial score (nSPS) is 14.1. The van der Waals surface area contributed by atoms with Crippen LogP contribution in [0.2, 0.25) is 0 Å². The summed E-state index contributed by atoms with van der Waals surface area (Å²) in [6, 6.07) is 17.3. The molecule has 20 heavy (non-hydrogen) atoms. The second-order valence-corrected chi connectivity index (χ2v) is 5.74. The third-order valence-corrected chi connectivity index (χ3v) is 3.93. The minimum absolute atomic E-state index is 0.803. The Morgan fingerprint density at radius 2 is 1.70 bits per heavy atom. The molecule has 0 radical (unpaired) electrons. The van der Waals surface area contributed by atoms with Gasteiger partial charge in [0.1, 0.15) is 0 Å². The van der Waals surface area contributed by atoms with Gasteiger partial charge in [-0.05, 0) is 42.0 Å². The average molecular weight is 266 g/mol. The van der Waals surface area contributed by atoms with Crippen LogP contribution in [0.25, 0.3) is 0 Å². The van der Waals surface area contributed by atoms with E-state index < -0.39 is 0 Å². The van der Waals surface area contributed by atoms with Crippen molar-refractivity contribution in [2.45, 2.75) is 25.3 Å². The summed E-state index contributed by atoms with van der Waals surface area (Å²) in [5, 5.41) is 3.59. The van der Waals surface area contributed by atoms with Gasteiger partial charge < -0.3 is 10.2 Å². The van der Waals surface area contributed by atoms with Gasteiger partial charge in [0.2, 0.25) is 0 Å². The van der Waals surface area contributed by atoms with Gasteiger partial charge in [-0.15, -0.1) is 0 Å². The number of anilines is 2. The molecule has 2 heteroatoms. The minimum Gasteiger partial charge on any atom is -0.379 e. The lowest BCUT2D eigenvalue weighted by molar-refractivity contribution is 1.03. The molecular weight excluding hydrogens is 244 g/mol. The molecule has 1 aliphatic carbocycles. The van der Waals surface area contributed by atoms with Crippen LogP contribution in [0.15, 0.2) is 48.5 Å². The smallest absolute Gasteiger partial charge is 0.0596 e. The van der Waals surface area contributed by atoms with Crippen LogP contribution < -0.4 is 10.2 Å². The second-order valence-electron chi connectivity index (χ2n) is 5.74. The first-order chi connectivity index (χ1) is 9.75. The number of benzene rings is 2. The molecule has 104 valence electrons. The van der Waals surface area contributed by atoms with E-state index in [1.165, 1.54) is 35.3 Å². The van der Waals surface area contributed by atoms with Crippen molar-refractivity contribution in [2.75, 3.05) is 24.3 Å². The molecule has 1 N–H and O–H groups in total. The van der Waals surface area contributed by atoms with E-state index >= 15 is 0 Å². The minimum atomic E-state index is 0.803. The van der Waals surface area contributed by atoms with Gasteiger partial charge in [0, 0.05) is 20.6 Å². The molecule has 0 atom stereocenters. The van der Waals surface area contributed by atoms with Crippen molar-refractivity contribution in [1.82, 2.24) is 0 Å². The zero-order valence-electron chi connectivity index (χ0n) is 12.3. The van der Waals surface area contributed by atoms with E-state index in [9.17, 15) is 0 Å². The predicted molar refractivity (Wildman–Crippen MR) is 86.5 cm³/mol. The van der Waals surface area contributed by atoms with Gasteiger partial charge in [0.25, 0.3) is 0 Å². The van der Waals surface area contributed by atoms with Gasteiger partial charge in [-0.25, -0.2) is 0 Å². The zero-order chi connectivity index (χ0) is 13.9. The SMILES string of the molecule is CN(C)c1ccccc1NCc1ccccc1C1CC1. The summed E-state index contributed by atoms with van der Waals surface area (Å²) in [7, 11) is 4.16. The highest BCUT2D eigenvalue weighted by molar-refractivity contribution is 5.69. The van der Waals surface area contributed by atoms with Crippen LogP contribution in [-0.4, -0.2) is 14.1 Å². The number of hydrogen-bond acceptors (Lipinski definition) is 2. The predicted octanol–water partition coefficient (Wildman–Crippen LogP) is 4.24. The lowest BCUT2D eigenvalue weighted by atomic mass is 10.0. The number of hydrogen-bond donors (Lipinski definition) is 1. The molecule has 2 aromatic carbocycles. The zero-order valence-corrected chi connectivity index (χ0v) is 12.3. The molecule has 0 aliphatic heterocycles. The fraction of sp³-hybridized carbons (Fsp3) is 0.333. The Hall–Kier alpha value is -1.96. The van der Waals surface area contributed by atoms with Crippen molar-refractivity contribution in [3.63, 3.8) is 0 Å². The molecule has 0 unspecified atom stereocenters. The summed E-state index contributed by atoms with van der Waals surface area (Å²) in [6.07, 6.45) is 2.70. The van der Waals surface area contributed by atoms with E-state index in [0.717, 1.165) is 12.5 Å². The van der Waals surface area contributed by atoms with Crippen molar-refractivity contribution in [3.8, 4) is 0 Å². The molecule has 0 spiro atoms. The molecule has 0 bridgehead atoms. The van der Waals surface area contributed by atoms with Gasteiger partial charge in [-0.2, -0.15) is 0 Å². The highest BCUT2D eigenvalue weighted by atomic mass is 15.1. The summed E-state index contributed by atoms with van der Waals surface area (Å²) in [4.78, 5) is 2.15. The second kappa shape index (κ2) is 5.58. The van der Waals surface area contributed by atoms with Crippen LogP contribution in [-0.2, 0) is 6.54 Å². The fourth-order valence-electron chi connectivity index (χ4n) is 2.69. The third-order valence-electron chi connectivity index (χ3n) is 3.93. The molecular formula is C18H22N2. The monoisotopic (exact) mass is 266 g/mol. The Labute approximate surface area is 121 Å². The Morgan fingerprint density at radius 1 is 1.00 bits per heavy atom. The summed E-state index contributed by atoms with van der Waals surface area (Å²) in [6.45, 7) is 0.900. The molecule has 1 saturated carbocycles. The van der Waals surface area contributed by atoms with Gasteiger partial charge in [0.15, 0.2) is 0 Å². The summed E-state index contributed by atoms with van der Waals surface area (Å²) in [5.41, 5.74) is 5.39. The maximum atomic E-state index is 3.59. The molecule has 1 aliphatic rings. The van der Waals surface area contributed by atoms with Crippen molar-refractivity contribution >= 4 is 11.4 Å². The molecule has 0 heterocycles. The van der Waals surface area contributed by atoms with Crippen LogP contribution >= 0.6 is 0 Å². The summed E-state index contributed by atoms with van der Waals surface area (Å²) >= 11 is 0. The van der Waals surface area contributed by atoms with Gasteiger partial charge in [-0.3, -0.25) is 0 Å². The first kappa shape index (κ1) is 13.0. The van der Waals surface area contributed by atoms with Crippen LogP contribution in [0.4, 0.5) is 11.4 Å². The topological polar surface area (TPSA) is 15.3 Å². The first-order valence-corrected chi connectivity index (χ1v) is 7.34. The Balaban J connectivity index is 1.77. The van der Waals surface area contributed by atoms with Crippen molar-refractivity contribution < 1.29 is 0 Å². The van der Waals surface area contributed by atoms with Crippen molar-refractivity contribution in [1.29, 1.82) is 0 Å².